The van der Waals surface area contributed by atoms with E-state index in [0.717, 1.165) is 24.8 Å². The summed E-state index contributed by atoms with van der Waals surface area (Å²) in [5.74, 6) is 1.75. The van der Waals surface area contributed by atoms with E-state index >= 15 is 0 Å². The molecular formula is C16H25N3O2. The molecular weight excluding hydrogens is 266 g/mol. The fraction of sp³-hybridized carbons (Fsp3) is 0.625. The molecule has 0 aliphatic heterocycles. The van der Waals surface area contributed by atoms with Crippen LogP contribution in [0.25, 0.3) is 0 Å². The lowest BCUT2D eigenvalue weighted by Gasteiger charge is -2.26. The van der Waals surface area contributed by atoms with Gasteiger partial charge < -0.3 is 15.8 Å². The summed E-state index contributed by atoms with van der Waals surface area (Å²) in [5.41, 5.74) is 6.54. The third kappa shape index (κ3) is 4.34. The minimum Gasteiger partial charge on any atom is -0.465 e. The third-order valence-electron chi connectivity index (χ3n) is 4.20. The van der Waals surface area contributed by atoms with Crippen molar-refractivity contribution in [3.63, 3.8) is 0 Å². The maximum atomic E-state index is 11.7. The highest BCUT2D eigenvalue weighted by molar-refractivity contribution is 5.95. The number of nitrogen functional groups attached to an aromatic ring is 1. The molecule has 5 heteroatoms. The Balaban J connectivity index is 1.92. The van der Waals surface area contributed by atoms with Gasteiger partial charge in [0.2, 0.25) is 0 Å². The Morgan fingerprint density at radius 3 is 3.05 bits per heavy atom. The van der Waals surface area contributed by atoms with E-state index < -0.39 is 5.97 Å². The van der Waals surface area contributed by atoms with E-state index in [1.165, 1.54) is 32.8 Å². The number of hydrogen-bond donors (Lipinski definition) is 2. The fourth-order valence-electron chi connectivity index (χ4n) is 3.10. The second kappa shape index (κ2) is 7.29. The predicted molar refractivity (Wildman–Crippen MR) is 84.2 cm³/mol. The molecule has 5 nitrogen and oxygen atoms in total. The smallest absolute Gasteiger partial charge is 0.341 e. The summed E-state index contributed by atoms with van der Waals surface area (Å²) < 4.78 is 4.77. The van der Waals surface area contributed by atoms with Crippen LogP contribution in [0, 0.1) is 11.8 Å². The van der Waals surface area contributed by atoms with E-state index in [0.29, 0.717) is 17.1 Å². The molecule has 1 heterocycles. The number of carbonyl (C=O) groups is 1. The largest absolute Gasteiger partial charge is 0.465 e. The predicted octanol–water partition coefficient (Wildman–Crippen LogP) is 3.08. The highest BCUT2D eigenvalue weighted by Gasteiger charge is 2.19. The first-order valence-corrected chi connectivity index (χ1v) is 7.68. The van der Waals surface area contributed by atoms with Crippen molar-refractivity contribution in [2.24, 2.45) is 11.8 Å². The highest BCUT2D eigenvalue weighted by Crippen LogP contribution is 2.30. The first-order valence-electron chi connectivity index (χ1n) is 7.68. The Hall–Kier alpha value is -1.78. The summed E-state index contributed by atoms with van der Waals surface area (Å²) in [5, 5.41) is 3.25. The van der Waals surface area contributed by atoms with Crippen LogP contribution in [0.4, 0.5) is 11.5 Å². The average molecular weight is 291 g/mol. The molecule has 1 aliphatic carbocycles. The van der Waals surface area contributed by atoms with Crippen LogP contribution >= 0.6 is 0 Å². The minimum atomic E-state index is -0.413. The van der Waals surface area contributed by atoms with Crippen molar-refractivity contribution in [3.05, 3.63) is 17.8 Å². The molecule has 21 heavy (non-hydrogen) atoms. The van der Waals surface area contributed by atoms with Crippen molar-refractivity contribution < 1.29 is 9.53 Å². The van der Waals surface area contributed by atoms with Gasteiger partial charge in [0.1, 0.15) is 11.4 Å². The summed E-state index contributed by atoms with van der Waals surface area (Å²) >= 11 is 0. The van der Waals surface area contributed by atoms with Crippen LogP contribution in [-0.4, -0.2) is 24.6 Å². The number of methoxy groups -OCH3 is 1. The number of nitrogens with one attached hydrogen (secondary N) is 1. The highest BCUT2D eigenvalue weighted by atomic mass is 16.5. The number of ether oxygens (including phenoxy) is 1. The molecule has 1 aliphatic rings. The summed E-state index contributed by atoms with van der Waals surface area (Å²) in [6.45, 7) is 3.15. The second-order valence-electron chi connectivity index (χ2n) is 6.01. The van der Waals surface area contributed by atoms with Crippen molar-refractivity contribution >= 4 is 17.5 Å². The van der Waals surface area contributed by atoms with Crippen molar-refractivity contribution in [1.82, 2.24) is 4.98 Å². The Kier molecular flexibility index (Phi) is 5.42. The van der Waals surface area contributed by atoms with Gasteiger partial charge in [0.05, 0.1) is 19.0 Å². The van der Waals surface area contributed by atoms with Gasteiger partial charge in [-0.3, -0.25) is 0 Å². The van der Waals surface area contributed by atoms with Gasteiger partial charge in [0, 0.05) is 6.54 Å². The molecule has 116 valence electrons. The van der Waals surface area contributed by atoms with E-state index in [2.05, 4.69) is 17.2 Å². The molecule has 2 atom stereocenters. The summed E-state index contributed by atoms with van der Waals surface area (Å²) in [4.78, 5) is 15.9. The molecule has 0 spiro atoms. The first kappa shape index (κ1) is 15.6. The van der Waals surface area contributed by atoms with Gasteiger partial charge in [-0.25, -0.2) is 9.78 Å². The lowest BCUT2D eigenvalue weighted by molar-refractivity contribution is 0.0601. The van der Waals surface area contributed by atoms with Crippen LogP contribution in [-0.2, 0) is 4.74 Å². The number of esters is 1. The lowest BCUT2D eigenvalue weighted by Crippen LogP contribution is -2.18. The van der Waals surface area contributed by atoms with Gasteiger partial charge >= 0.3 is 5.97 Å². The molecule has 1 aromatic rings. The maximum absolute atomic E-state index is 11.7. The van der Waals surface area contributed by atoms with E-state index in [9.17, 15) is 4.79 Å². The zero-order valence-electron chi connectivity index (χ0n) is 12.9. The number of aromatic nitrogens is 1. The van der Waals surface area contributed by atoms with Crippen LogP contribution in [0.2, 0.25) is 0 Å². The Bertz CT molecular complexity index is 490. The Labute approximate surface area is 126 Å². The van der Waals surface area contributed by atoms with Gasteiger partial charge in [0.15, 0.2) is 0 Å². The van der Waals surface area contributed by atoms with Crippen molar-refractivity contribution in [2.75, 3.05) is 24.7 Å². The van der Waals surface area contributed by atoms with Crippen molar-refractivity contribution in [2.45, 2.75) is 39.0 Å². The van der Waals surface area contributed by atoms with E-state index in [4.69, 9.17) is 10.5 Å². The first-order chi connectivity index (χ1) is 10.1. The minimum absolute atomic E-state index is 0.398. The van der Waals surface area contributed by atoms with Crippen LogP contribution < -0.4 is 11.1 Å². The topological polar surface area (TPSA) is 77.2 Å². The van der Waals surface area contributed by atoms with Crippen LogP contribution in [0.5, 0.6) is 0 Å². The number of anilines is 2. The van der Waals surface area contributed by atoms with Crippen LogP contribution in [0.3, 0.4) is 0 Å². The molecule has 0 radical (unpaired) electrons. The zero-order valence-corrected chi connectivity index (χ0v) is 12.9. The van der Waals surface area contributed by atoms with Crippen molar-refractivity contribution in [3.8, 4) is 0 Å². The Morgan fingerprint density at radius 2 is 2.33 bits per heavy atom. The molecule has 2 unspecified atom stereocenters. The molecule has 1 aromatic heterocycles. The number of hydrogen-bond acceptors (Lipinski definition) is 5. The summed E-state index contributed by atoms with van der Waals surface area (Å²) in [7, 11) is 1.36. The number of nitrogens with two attached hydrogens (primary N) is 1. The molecule has 0 bridgehead atoms. The zero-order chi connectivity index (χ0) is 15.2. The summed E-state index contributed by atoms with van der Waals surface area (Å²) in [6, 6.07) is 1.60. The molecule has 0 aromatic carbocycles. The van der Waals surface area contributed by atoms with E-state index in [1.807, 2.05) is 0 Å². The molecule has 1 saturated carbocycles. The number of nitrogens with zero attached hydrogens (tertiary/aromatic N) is 1. The normalized spacial score (nSPS) is 21.8. The average Bonchev–Trinajstić information content (AvgIpc) is 2.48. The van der Waals surface area contributed by atoms with E-state index in [1.54, 1.807) is 12.3 Å². The molecule has 0 saturated heterocycles. The number of pyridine rings is 1. The fourth-order valence-corrected chi connectivity index (χ4v) is 3.10. The number of rotatable bonds is 5. The van der Waals surface area contributed by atoms with Crippen molar-refractivity contribution in [1.29, 1.82) is 0 Å². The molecule has 2 rings (SSSR count). The monoisotopic (exact) mass is 291 g/mol. The second-order valence-corrected chi connectivity index (χ2v) is 6.01. The third-order valence-corrected chi connectivity index (χ3v) is 4.20. The van der Waals surface area contributed by atoms with Gasteiger partial charge in [-0.1, -0.05) is 26.2 Å². The molecule has 0 amide bonds. The van der Waals surface area contributed by atoms with Gasteiger partial charge in [0.25, 0.3) is 0 Å². The summed E-state index contributed by atoms with van der Waals surface area (Å²) in [6.07, 6.45) is 7.97. The Morgan fingerprint density at radius 1 is 1.52 bits per heavy atom. The number of carbonyl (C=O) groups excluding carboxylic acids is 1. The SMILES string of the molecule is COC(=O)c1cc(N)cnc1NCCC1CCCC(C)C1. The maximum Gasteiger partial charge on any atom is 0.341 e. The quantitative estimate of drug-likeness (QED) is 0.815. The van der Waals surface area contributed by atoms with E-state index in [-0.39, 0.29) is 0 Å². The molecule has 3 N–H and O–H groups in total. The van der Waals surface area contributed by atoms with Gasteiger partial charge in [-0.15, -0.1) is 0 Å². The van der Waals surface area contributed by atoms with Gasteiger partial charge in [-0.05, 0) is 30.7 Å². The lowest BCUT2D eigenvalue weighted by atomic mass is 9.81. The van der Waals surface area contributed by atoms with Gasteiger partial charge in [-0.2, -0.15) is 0 Å². The molecule has 1 fully saturated rings. The van der Waals surface area contributed by atoms with Crippen LogP contribution in [0.1, 0.15) is 49.4 Å². The standard InChI is InChI=1S/C16H25N3O2/c1-11-4-3-5-12(8-11)6-7-18-15-14(16(20)21-2)9-13(17)10-19-15/h9-12H,3-8,17H2,1-2H3,(H,18,19). The van der Waals surface area contributed by atoms with Crippen LogP contribution in [0.15, 0.2) is 12.3 Å².